The Balaban J connectivity index is 2.38. The number of nitrogens with zero attached hydrogens (tertiary/aromatic N) is 2. The number of hydrogen-bond acceptors (Lipinski definition) is 3. The van der Waals surface area contributed by atoms with E-state index in [1.54, 1.807) is 25.1 Å². The SMILES string of the molecule is COc1cc(OC)c2[nH]ccc2c1-n1cccn1. The highest BCUT2D eigenvalue weighted by atomic mass is 16.5. The Morgan fingerprint density at radius 1 is 1.22 bits per heavy atom. The van der Waals surface area contributed by atoms with E-state index in [2.05, 4.69) is 10.1 Å². The molecule has 5 heteroatoms. The summed E-state index contributed by atoms with van der Waals surface area (Å²) in [5.41, 5.74) is 1.84. The van der Waals surface area contributed by atoms with Crippen molar-refractivity contribution in [3.63, 3.8) is 0 Å². The average molecular weight is 243 g/mol. The number of hydrogen-bond donors (Lipinski definition) is 1. The van der Waals surface area contributed by atoms with Crippen LogP contribution in [0.2, 0.25) is 0 Å². The molecule has 0 aliphatic carbocycles. The molecule has 3 aromatic rings. The van der Waals surface area contributed by atoms with Gasteiger partial charge in [-0.05, 0) is 12.1 Å². The first-order chi connectivity index (χ1) is 8.85. The predicted molar refractivity (Wildman–Crippen MR) is 68.5 cm³/mol. The molecule has 0 fully saturated rings. The molecule has 2 heterocycles. The minimum absolute atomic E-state index is 0.725. The average Bonchev–Trinajstić information content (AvgIpc) is 3.07. The van der Waals surface area contributed by atoms with Crippen molar-refractivity contribution < 1.29 is 9.47 Å². The summed E-state index contributed by atoms with van der Waals surface area (Å²) in [4.78, 5) is 3.17. The largest absolute Gasteiger partial charge is 0.494 e. The van der Waals surface area contributed by atoms with E-state index in [1.165, 1.54) is 0 Å². The highest BCUT2D eigenvalue weighted by Gasteiger charge is 2.15. The third kappa shape index (κ3) is 1.44. The molecule has 0 amide bonds. The standard InChI is InChI=1S/C13H13N3O2/c1-17-10-8-11(18-2)13(16-7-3-5-15-16)9-4-6-14-12(9)10/h3-8,14H,1-2H3. The quantitative estimate of drug-likeness (QED) is 0.768. The van der Waals surface area contributed by atoms with Crippen molar-refractivity contribution in [1.29, 1.82) is 0 Å². The molecular formula is C13H13N3O2. The predicted octanol–water partition coefficient (Wildman–Crippen LogP) is 2.37. The number of benzene rings is 1. The number of aromatic nitrogens is 3. The van der Waals surface area contributed by atoms with Crippen molar-refractivity contribution in [3.05, 3.63) is 36.8 Å². The van der Waals surface area contributed by atoms with Crippen LogP contribution in [0.4, 0.5) is 0 Å². The van der Waals surface area contributed by atoms with Gasteiger partial charge < -0.3 is 14.5 Å². The molecule has 0 radical (unpaired) electrons. The van der Waals surface area contributed by atoms with E-state index >= 15 is 0 Å². The molecule has 2 aromatic heterocycles. The summed E-state index contributed by atoms with van der Waals surface area (Å²) < 4.78 is 12.6. The maximum absolute atomic E-state index is 5.43. The van der Waals surface area contributed by atoms with E-state index in [0.717, 1.165) is 28.1 Å². The van der Waals surface area contributed by atoms with Gasteiger partial charge in [-0.1, -0.05) is 0 Å². The second-order valence-electron chi connectivity index (χ2n) is 3.85. The van der Waals surface area contributed by atoms with Gasteiger partial charge in [-0.2, -0.15) is 5.10 Å². The summed E-state index contributed by atoms with van der Waals surface area (Å²) in [6.07, 6.45) is 5.50. The van der Waals surface area contributed by atoms with Crippen LogP contribution < -0.4 is 9.47 Å². The lowest BCUT2D eigenvalue weighted by Crippen LogP contribution is -2.00. The fourth-order valence-corrected chi connectivity index (χ4v) is 2.12. The fraction of sp³-hybridized carbons (Fsp3) is 0.154. The van der Waals surface area contributed by atoms with E-state index < -0.39 is 0 Å². The Labute approximate surface area is 104 Å². The summed E-state index contributed by atoms with van der Waals surface area (Å²) in [7, 11) is 3.28. The van der Waals surface area contributed by atoms with Crippen molar-refractivity contribution in [2.24, 2.45) is 0 Å². The van der Waals surface area contributed by atoms with Crippen molar-refractivity contribution >= 4 is 10.9 Å². The minimum atomic E-state index is 0.725. The fourth-order valence-electron chi connectivity index (χ4n) is 2.12. The molecule has 0 unspecified atom stereocenters. The first kappa shape index (κ1) is 10.7. The second-order valence-corrected chi connectivity index (χ2v) is 3.85. The second kappa shape index (κ2) is 4.10. The first-order valence-electron chi connectivity index (χ1n) is 5.57. The molecule has 1 N–H and O–H groups in total. The lowest BCUT2D eigenvalue weighted by Gasteiger charge is -2.12. The molecule has 18 heavy (non-hydrogen) atoms. The number of nitrogens with one attached hydrogen (secondary N) is 1. The van der Waals surface area contributed by atoms with Crippen LogP contribution in [0.3, 0.4) is 0 Å². The van der Waals surface area contributed by atoms with Gasteiger partial charge in [0.05, 0.1) is 19.7 Å². The Hall–Kier alpha value is -2.43. The zero-order valence-electron chi connectivity index (χ0n) is 10.2. The van der Waals surface area contributed by atoms with E-state index in [1.807, 2.05) is 30.6 Å². The lowest BCUT2D eigenvalue weighted by atomic mass is 10.2. The van der Waals surface area contributed by atoms with Gasteiger partial charge in [0.1, 0.15) is 17.2 Å². The molecule has 0 saturated carbocycles. The van der Waals surface area contributed by atoms with E-state index in [4.69, 9.17) is 9.47 Å². The third-order valence-electron chi connectivity index (χ3n) is 2.92. The van der Waals surface area contributed by atoms with Crippen LogP contribution in [0, 0.1) is 0 Å². The highest BCUT2D eigenvalue weighted by molar-refractivity contribution is 5.95. The van der Waals surface area contributed by atoms with Gasteiger partial charge in [-0.15, -0.1) is 0 Å². The van der Waals surface area contributed by atoms with Crippen molar-refractivity contribution in [2.45, 2.75) is 0 Å². The van der Waals surface area contributed by atoms with Gasteiger partial charge >= 0.3 is 0 Å². The van der Waals surface area contributed by atoms with Gasteiger partial charge in [0.25, 0.3) is 0 Å². The van der Waals surface area contributed by atoms with Gasteiger partial charge in [0, 0.05) is 30.0 Å². The Morgan fingerprint density at radius 2 is 2.06 bits per heavy atom. The number of aromatic amines is 1. The van der Waals surface area contributed by atoms with Crippen LogP contribution in [0.25, 0.3) is 16.6 Å². The van der Waals surface area contributed by atoms with E-state index in [0.29, 0.717) is 0 Å². The molecule has 0 spiro atoms. The van der Waals surface area contributed by atoms with Crippen molar-refractivity contribution in [2.75, 3.05) is 14.2 Å². The zero-order valence-corrected chi connectivity index (χ0v) is 10.2. The lowest BCUT2D eigenvalue weighted by molar-refractivity contribution is 0.395. The molecule has 5 nitrogen and oxygen atoms in total. The Kier molecular flexibility index (Phi) is 2.44. The molecule has 92 valence electrons. The number of fused-ring (bicyclic) bond motifs is 1. The third-order valence-corrected chi connectivity index (χ3v) is 2.92. The van der Waals surface area contributed by atoms with Crippen LogP contribution in [-0.4, -0.2) is 29.0 Å². The zero-order chi connectivity index (χ0) is 12.5. The van der Waals surface area contributed by atoms with Gasteiger partial charge in [0.15, 0.2) is 0 Å². The normalized spacial score (nSPS) is 10.8. The molecule has 1 aromatic carbocycles. The number of H-pyrrole nitrogens is 1. The monoisotopic (exact) mass is 243 g/mol. The molecule has 0 saturated heterocycles. The molecule has 0 aliphatic rings. The van der Waals surface area contributed by atoms with Gasteiger partial charge in [0.2, 0.25) is 0 Å². The Bertz CT molecular complexity index is 671. The van der Waals surface area contributed by atoms with Gasteiger partial charge in [-0.3, -0.25) is 0 Å². The minimum Gasteiger partial charge on any atom is -0.494 e. The van der Waals surface area contributed by atoms with Crippen LogP contribution in [-0.2, 0) is 0 Å². The first-order valence-corrected chi connectivity index (χ1v) is 5.57. The number of ether oxygens (including phenoxy) is 2. The maximum Gasteiger partial charge on any atom is 0.148 e. The molecule has 0 bridgehead atoms. The van der Waals surface area contributed by atoms with E-state index in [-0.39, 0.29) is 0 Å². The summed E-state index contributed by atoms with van der Waals surface area (Å²) in [5, 5.41) is 5.27. The number of rotatable bonds is 3. The van der Waals surface area contributed by atoms with Crippen molar-refractivity contribution in [3.8, 4) is 17.2 Å². The Morgan fingerprint density at radius 3 is 2.72 bits per heavy atom. The topological polar surface area (TPSA) is 52.1 Å². The molecular weight excluding hydrogens is 230 g/mol. The smallest absolute Gasteiger partial charge is 0.148 e. The molecule has 0 aliphatic heterocycles. The maximum atomic E-state index is 5.43. The van der Waals surface area contributed by atoms with Gasteiger partial charge in [-0.25, -0.2) is 4.68 Å². The number of methoxy groups -OCH3 is 2. The summed E-state index contributed by atoms with van der Waals surface area (Å²) >= 11 is 0. The van der Waals surface area contributed by atoms with E-state index in [9.17, 15) is 0 Å². The van der Waals surface area contributed by atoms with Crippen LogP contribution >= 0.6 is 0 Å². The summed E-state index contributed by atoms with van der Waals surface area (Å²) in [5.74, 6) is 1.48. The van der Waals surface area contributed by atoms with Crippen LogP contribution in [0.1, 0.15) is 0 Å². The molecule has 0 atom stereocenters. The van der Waals surface area contributed by atoms with Crippen LogP contribution in [0.15, 0.2) is 36.8 Å². The van der Waals surface area contributed by atoms with Crippen molar-refractivity contribution in [1.82, 2.24) is 14.8 Å². The molecule has 3 rings (SSSR count). The highest BCUT2D eigenvalue weighted by Crippen LogP contribution is 2.37. The summed E-state index contributed by atoms with van der Waals surface area (Å²) in [6.45, 7) is 0. The summed E-state index contributed by atoms with van der Waals surface area (Å²) in [6, 6.07) is 5.72. The van der Waals surface area contributed by atoms with Crippen LogP contribution in [0.5, 0.6) is 11.5 Å².